The Bertz CT molecular complexity index is 452. The van der Waals surface area contributed by atoms with Gasteiger partial charge in [0.05, 0.1) is 0 Å². The van der Waals surface area contributed by atoms with E-state index in [-0.39, 0.29) is 12.5 Å². The SMILES string of the molecule is Cc1cccc(C)c1CCNC(=O)NCCCC(=O)O. The van der Waals surface area contributed by atoms with E-state index >= 15 is 0 Å². The molecule has 1 aromatic carbocycles. The molecule has 0 aliphatic rings. The highest BCUT2D eigenvalue weighted by Crippen LogP contribution is 2.13. The first-order chi connectivity index (χ1) is 9.50. The summed E-state index contributed by atoms with van der Waals surface area (Å²) in [7, 11) is 0. The second-order valence-electron chi connectivity index (χ2n) is 4.80. The maximum absolute atomic E-state index is 11.5. The molecule has 3 N–H and O–H groups in total. The van der Waals surface area contributed by atoms with Crippen molar-refractivity contribution in [3.05, 3.63) is 34.9 Å². The molecule has 0 aliphatic heterocycles. The Balaban J connectivity index is 2.23. The van der Waals surface area contributed by atoms with Crippen LogP contribution in [0.15, 0.2) is 18.2 Å². The molecular formula is C15H22N2O3. The van der Waals surface area contributed by atoms with Crippen LogP contribution in [0.5, 0.6) is 0 Å². The van der Waals surface area contributed by atoms with E-state index in [0.717, 1.165) is 6.42 Å². The second kappa shape index (κ2) is 8.19. The summed E-state index contributed by atoms with van der Waals surface area (Å²) in [6.07, 6.45) is 1.31. The van der Waals surface area contributed by atoms with Crippen molar-refractivity contribution in [1.29, 1.82) is 0 Å². The molecule has 0 radical (unpaired) electrons. The minimum atomic E-state index is -0.845. The Morgan fingerprint density at radius 3 is 2.30 bits per heavy atom. The van der Waals surface area contributed by atoms with Crippen LogP contribution >= 0.6 is 0 Å². The lowest BCUT2D eigenvalue weighted by Crippen LogP contribution is -2.37. The first kappa shape index (κ1) is 16.0. The fourth-order valence-electron chi connectivity index (χ4n) is 2.05. The van der Waals surface area contributed by atoms with Gasteiger partial charge in [-0.25, -0.2) is 4.79 Å². The molecule has 0 spiro atoms. The van der Waals surface area contributed by atoms with Crippen molar-refractivity contribution in [1.82, 2.24) is 10.6 Å². The number of hydrogen-bond donors (Lipinski definition) is 3. The maximum atomic E-state index is 11.5. The van der Waals surface area contributed by atoms with Gasteiger partial charge in [0.15, 0.2) is 0 Å². The summed E-state index contributed by atoms with van der Waals surface area (Å²) in [6.45, 7) is 5.07. The molecule has 1 rings (SSSR count). The van der Waals surface area contributed by atoms with Crippen molar-refractivity contribution >= 4 is 12.0 Å². The molecule has 1 aromatic rings. The first-order valence-electron chi connectivity index (χ1n) is 6.79. The minimum Gasteiger partial charge on any atom is -0.481 e. The molecule has 0 fully saturated rings. The van der Waals surface area contributed by atoms with E-state index in [1.54, 1.807) is 0 Å². The number of hydrogen-bond acceptors (Lipinski definition) is 2. The summed E-state index contributed by atoms with van der Waals surface area (Å²) in [5, 5.41) is 13.9. The lowest BCUT2D eigenvalue weighted by Gasteiger charge is -2.11. The van der Waals surface area contributed by atoms with Gasteiger partial charge >= 0.3 is 12.0 Å². The zero-order chi connectivity index (χ0) is 15.0. The van der Waals surface area contributed by atoms with E-state index < -0.39 is 5.97 Å². The van der Waals surface area contributed by atoms with Crippen molar-refractivity contribution < 1.29 is 14.7 Å². The van der Waals surface area contributed by atoms with Crippen LogP contribution < -0.4 is 10.6 Å². The average molecular weight is 278 g/mol. The topological polar surface area (TPSA) is 78.4 Å². The highest BCUT2D eigenvalue weighted by Gasteiger charge is 2.04. The van der Waals surface area contributed by atoms with E-state index in [9.17, 15) is 9.59 Å². The summed E-state index contributed by atoms with van der Waals surface area (Å²) in [6, 6.07) is 5.90. The van der Waals surface area contributed by atoms with Gasteiger partial charge in [0.25, 0.3) is 0 Å². The third-order valence-corrected chi connectivity index (χ3v) is 3.16. The number of amides is 2. The van der Waals surface area contributed by atoms with Crippen LogP contribution in [-0.4, -0.2) is 30.2 Å². The van der Waals surface area contributed by atoms with Gasteiger partial charge in [0.1, 0.15) is 0 Å². The quantitative estimate of drug-likeness (QED) is 0.668. The van der Waals surface area contributed by atoms with E-state index in [1.165, 1.54) is 16.7 Å². The van der Waals surface area contributed by atoms with Gasteiger partial charge in [-0.1, -0.05) is 18.2 Å². The molecular weight excluding hydrogens is 256 g/mol. The number of carboxylic acid groups (broad SMARTS) is 1. The minimum absolute atomic E-state index is 0.0721. The number of carboxylic acids is 1. The van der Waals surface area contributed by atoms with E-state index in [4.69, 9.17) is 5.11 Å². The van der Waals surface area contributed by atoms with Gasteiger partial charge in [0.2, 0.25) is 0 Å². The second-order valence-corrected chi connectivity index (χ2v) is 4.80. The van der Waals surface area contributed by atoms with Crippen LogP contribution in [0.3, 0.4) is 0 Å². The maximum Gasteiger partial charge on any atom is 0.314 e. The monoisotopic (exact) mass is 278 g/mol. The van der Waals surface area contributed by atoms with E-state index in [2.05, 4.69) is 36.6 Å². The van der Waals surface area contributed by atoms with E-state index in [0.29, 0.717) is 19.5 Å². The lowest BCUT2D eigenvalue weighted by molar-refractivity contribution is -0.137. The molecule has 20 heavy (non-hydrogen) atoms. The molecule has 0 saturated carbocycles. The van der Waals surface area contributed by atoms with Crippen molar-refractivity contribution in [3.8, 4) is 0 Å². The smallest absolute Gasteiger partial charge is 0.314 e. The molecule has 110 valence electrons. The molecule has 0 aliphatic carbocycles. The van der Waals surface area contributed by atoms with Crippen LogP contribution in [-0.2, 0) is 11.2 Å². The Hall–Kier alpha value is -2.04. The van der Waals surface area contributed by atoms with Gasteiger partial charge in [0, 0.05) is 19.5 Å². The summed E-state index contributed by atoms with van der Waals surface area (Å²) < 4.78 is 0. The van der Waals surface area contributed by atoms with Gasteiger partial charge < -0.3 is 15.7 Å². The number of aliphatic carboxylic acids is 1. The number of rotatable bonds is 7. The third-order valence-electron chi connectivity index (χ3n) is 3.16. The van der Waals surface area contributed by atoms with Gasteiger partial charge in [-0.05, 0) is 43.4 Å². The van der Waals surface area contributed by atoms with Crippen LogP contribution in [0.25, 0.3) is 0 Å². The average Bonchev–Trinajstić information content (AvgIpc) is 2.38. The van der Waals surface area contributed by atoms with Gasteiger partial charge in [-0.15, -0.1) is 0 Å². The molecule has 0 bridgehead atoms. The van der Waals surface area contributed by atoms with Crippen molar-refractivity contribution in [2.45, 2.75) is 33.1 Å². The number of carbonyl (C=O) groups excluding carboxylic acids is 1. The molecule has 0 saturated heterocycles. The fraction of sp³-hybridized carbons (Fsp3) is 0.467. The molecule has 5 nitrogen and oxygen atoms in total. The van der Waals surface area contributed by atoms with Crippen molar-refractivity contribution in [3.63, 3.8) is 0 Å². The Kier molecular flexibility index (Phi) is 6.56. The number of urea groups is 1. The highest BCUT2D eigenvalue weighted by molar-refractivity contribution is 5.73. The molecule has 0 heterocycles. The number of aryl methyl sites for hydroxylation is 2. The van der Waals surface area contributed by atoms with Crippen molar-refractivity contribution in [2.24, 2.45) is 0 Å². The Morgan fingerprint density at radius 1 is 1.10 bits per heavy atom. The number of nitrogens with one attached hydrogen (secondary N) is 2. The summed E-state index contributed by atoms with van der Waals surface area (Å²) in [5.74, 6) is -0.845. The summed E-state index contributed by atoms with van der Waals surface area (Å²) in [4.78, 5) is 21.8. The van der Waals surface area contributed by atoms with Crippen LogP contribution in [0.1, 0.15) is 29.5 Å². The molecule has 0 aromatic heterocycles. The zero-order valence-corrected chi connectivity index (χ0v) is 12.0. The first-order valence-corrected chi connectivity index (χ1v) is 6.79. The fourth-order valence-corrected chi connectivity index (χ4v) is 2.05. The molecule has 0 atom stereocenters. The van der Waals surface area contributed by atoms with Gasteiger partial charge in [-0.3, -0.25) is 4.79 Å². The predicted molar refractivity (Wildman–Crippen MR) is 77.9 cm³/mol. The molecule has 2 amide bonds. The van der Waals surface area contributed by atoms with Gasteiger partial charge in [-0.2, -0.15) is 0 Å². The summed E-state index contributed by atoms with van der Waals surface area (Å²) in [5.41, 5.74) is 3.72. The largest absolute Gasteiger partial charge is 0.481 e. The highest BCUT2D eigenvalue weighted by atomic mass is 16.4. The van der Waals surface area contributed by atoms with E-state index in [1.807, 2.05) is 6.07 Å². The third kappa shape index (κ3) is 5.73. The Morgan fingerprint density at radius 2 is 1.70 bits per heavy atom. The molecule has 0 unspecified atom stereocenters. The number of carbonyl (C=O) groups is 2. The predicted octanol–water partition coefficient (Wildman–Crippen LogP) is 2.01. The summed E-state index contributed by atoms with van der Waals surface area (Å²) >= 11 is 0. The molecule has 5 heteroatoms. The zero-order valence-electron chi connectivity index (χ0n) is 12.0. The van der Waals surface area contributed by atoms with Crippen molar-refractivity contribution in [2.75, 3.05) is 13.1 Å². The number of benzene rings is 1. The van der Waals surface area contributed by atoms with Crippen LogP contribution in [0.4, 0.5) is 4.79 Å². The normalized spacial score (nSPS) is 10.1. The van der Waals surface area contributed by atoms with Crippen LogP contribution in [0.2, 0.25) is 0 Å². The standard InChI is InChI=1S/C15H22N2O3/c1-11-5-3-6-12(2)13(11)8-10-17-15(20)16-9-4-7-14(18)19/h3,5-6H,4,7-10H2,1-2H3,(H,18,19)(H2,16,17,20). The Labute approximate surface area is 119 Å². The lowest BCUT2D eigenvalue weighted by atomic mass is 10.0. The van der Waals surface area contributed by atoms with Crippen LogP contribution in [0, 0.1) is 13.8 Å².